The Labute approximate surface area is 186 Å². The second kappa shape index (κ2) is 8.09. The van der Waals surface area contributed by atoms with E-state index in [1.54, 1.807) is 24.3 Å². The molecule has 0 saturated heterocycles. The van der Waals surface area contributed by atoms with E-state index in [9.17, 15) is 14.0 Å². The first-order chi connectivity index (χ1) is 15.5. The largest absolute Gasteiger partial charge is 0.352 e. The zero-order chi connectivity index (χ0) is 22.2. The summed E-state index contributed by atoms with van der Waals surface area (Å²) in [7, 11) is 0. The van der Waals surface area contributed by atoms with Crippen LogP contribution in [0.15, 0.2) is 82.4 Å². The molecule has 0 fully saturated rings. The minimum atomic E-state index is -0.457. The van der Waals surface area contributed by atoms with Crippen LogP contribution in [-0.2, 0) is 19.5 Å². The third-order valence-corrected chi connectivity index (χ3v) is 5.84. The summed E-state index contributed by atoms with van der Waals surface area (Å²) in [6.07, 6.45) is 0.611. The molecule has 6 nitrogen and oxygen atoms in total. The highest BCUT2D eigenvalue weighted by Gasteiger charge is 2.18. The van der Waals surface area contributed by atoms with E-state index in [1.165, 1.54) is 31.8 Å². The quantitative estimate of drug-likeness (QED) is 0.410. The van der Waals surface area contributed by atoms with Crippen LogP contribution in [0, 0.1) is 5.82 Å². The van der Waals surface area contributed by atoms with Crippen molar-refractivity contribution < 1.29 is 4.39 Å². The summed E-state index contributed by atoms with van der Waals surface area (Å²) in [4.78, 5) is 26.6. The molecule has 2 heterocycles. The first-order valence-electron chi connectivity index (χ1n) is 10.1. The molecule has 0 aliphatic heterocycles. The Morgan fingerprint density at radius 3 is 2.47 bits per heavy atom. The number of aryl methyl sites for hydroxylation is 2. The van der Waals surface area contributed by atoms with Gasteiger partial charge >= 0.3 is 5.69 Å². The molecule has 0 aliphatic carbocycles. The molecule has 32 heavy (non-hydrogen) atoms. The van der Waals surface area contributed by atoms with E-state index in [2.05, 4.69) is 5.10 Å². The zero-order valence-electron chi connectivity index (χ0n) is 16.9. The number of aromatic nitrogens is 4. The average molecular weight is 449 g/mol. The van der Waals surface area contributed by atoms with Gasteiger partial charge < -0.3 is 0 Å². The van der Waals surface area contributed by atoms with Crippen LogP contribution >= 0.6 is 11.6 Å². The highest BCUT2D eigenvalue weighted by molar-refractivity contribution is 6.31. The molecule has 0 bridgehead atoms. The van der Waals surface area contributed by atoms with E-state index in [4.69, 9.17) is 11.6 Å². The molecule has 8 heteroatoms. The summed E-state index contributed by atoms with van der Waals surface area (Å²) >= 11 is 6.15. The third kappa shape index (κ3) is 3.50. The fourth-order valence-electron chi connectivity index (χ4n) is 3.87. The highest BCUT2D eigenvalue weighted by atomic mass is 35.5. The molecule has 0 radical (unpaired) electrons. The summed E-state index contributed by atoms with van der Waals surface area (Å²) in [6, 6.07) is 20.8. The molecule has 0 N–H and O–H groups in total. The molecule has 0 spiro atoms. The predicted octanol–water partition coefficient (Wildman–Crippen LogP) is 3.89. The van der Waals surface area contributed by atoms with Crippen LogP contribution in [0.3, 0.4) is 0 Å². The minimum absolute atomic E-state index is 0.0564. The van der Waals surface area contributed by atoms with Crippen molar-refractivity contribution in [3.05, 3.63) is 116 Å². The van der Waals surface area contributed by atoms with Crippen molar-refractivity contribution >= 4 is 28.3 Å². The Kier molecular flexibility index (Phi) is 5.11. The Hall–Kier alpha value is -3.71. The standard InChI is InChI=1S/C24H18ClFN4O2/c25-20-14-18(26)11-10-17(20)15-29-24(32)30-21-9-5-4-8-19(21)22(31)28(23(30)27-29)13-12-16-6-2-1-3-7-16/h1-11,14H,12-13,15H2. The first-order valence-corrected chi connectivity index (χ1v) is 10.5. The Balaban J connectivity index is 1.68. The van der Waals surface area contributed by atoms with E-state index < -0.39 is 11.5 Å². The molecule has 3 aromatic carbocycles. The van der Waals surface area contributed by atoms with Gasteiger partial charge in [0.2, 0.25) is 5.78 Å². The number of hydrogen-bond acceptors (Lipinski definition) is 3. The van der Waals surface area contributed by atoms with Gasteiger partial charge in [0.05, 0.1) is 17.4 Å². The summed E-state index contributed by atoms with van der Waals surface area (Å²) in [6.45, 7) is 0.422. The number of para-hydroxylation sites is 1. The molecular formula is C24H18ClFN4O2. The number of rotatable bonds is 5. The van der Waals surface area contributed by atoms with Gasteiger partial charge in [0, 0.05) is 11.6 Å². The van der Waals surface area contributed by atoms with Gasteiger partial charge in [-0.05, 0) is 41.8 Å². The fraction of sp³-hybridized carbons (Fsp3) is 0.125. The molecule has 5 aromatic rings. The minimum Gasteiger partial charge on any atom is -0.276 e. The summed E-state index contributed by atoms with van der Waals surface area (Å²) in [5.41, 5.74) is 1.52. The topological polar surface area (TPSA) is 61.3 Å². The van der Waals surface area contributed by atoms with Crippen molar-refractivity contribution in [2.45, 2.75) is 19.5 Å². The smallest absolute Gasteiger partial charge is 0.276 e. The van der Waals surface area contributed by atoms with E-state index in [-0.39, 0.29) is 22.9 Å². The summed E-state index contributed by atoms with van der Waals surface area (Å²) in [5.74, 6) is -0.199. The third-order valence-electron chi connectivity index (χ3n) is 5.49. The van der Waals surface area contributed by atoms with E-state index in [1.807, 2.05) is 30.3 Å². The maximum absolute atomic E-state index is 13.4. The highest BCUT2D eigenvalue weighted by Crippen LogP contribution is 2.18. The van der Waals surface area contributed by atoms with Crippen molar-refractivity contribution in [3.63, 3.8) is 0 Å². The number of hydrogen-bond donors (Lipinski definition) is 0. The van der Waals surface area contributed by atoms with Crippen molar-refractivity contribution in [1.82, 2.24) is 18.7 Å². The van der Waals surface area contributed by atoms with Gasteiger partial charge in [-0.3, -0.25) is 9.36 Å². The second-order valence-electron chi connectivity index (χ2n) is 7.52. The number of fused-ring (bicyclic) bond motifs is 3. The van der Waals surface area contributed by atoms with Gasteiger partial charge in [-0.15, -0.1) is 5.10 Å². The lowest BCUT2D eigenvalue weighted by Gasteiger charge is -2.09. The maximum Gasteiger partial charge on any atom is 0.352 e. The fourth-order valence-corrected chi connectivity index (χ4v) is 4.10. The first kappa shape index (κ1) is 20.2. The van der Waals surface area contributed by atoms with Gasteiger partial charge in [0.15, 0.2) is 0 Å². The molecular weight excluding hydrogens is 431 g/mol. The monoisotopic (exact) mass is 448 g/mol. The molecule has 2 aromatic heterocycles. The summed E-state index contributed by atoms with van der Waals surface area (Å²) < 4.78 is 17.6. The van der Waals surface area contributed by atoms with Crippen LogP contribution in [0.5, 0.6) is 0 Å². The van der Waals surface area contributed by atoms with Crippen molar-refractivity contribution in [2.24, 2.45) is 0 Å². The zero-order valence-corrected chi connectivity index (χ0v) is 17.7. The number of nitrogens with zero attached hydrogens (tertiary/aromatic N) is 4. The van der Waals surface area contributed by atoms with Crippen molar-refractivity contribution in [2.75, 3.05) is 0 Å². The Morgan fingerprint density at radius 1 is 0.938 bits per heavy atom. The molecule has 160 valence electrons. The van der Waals surface area contributed by atoms with Gasteiger partial charge in [0.1, 0.15) is 5.82 Å². The number of benzene rings is 3. The van der Waals surface area contributed by atoms with Gasteiger partial charge in [-0.1, -0.05) is 60.1 Å². The number of halogens is 2. The van der Waals surface area contributed by atoms with Gasteiger partial charge in [-0.25, -0.2) is 18.3 Å². The molecule has 0 amide bonds. The van der Waals surface area contributed by atoms with Gasteiger partial charge in [0.25, 0.3) is 5.56 Å². The van der Waals surface area contributed by atoms with Crippen LogP contribution in [0.1, 0.15) is 11.1 Å². The summed E-state index contributed by atoms with van der Waals surface area (Å²) in [5, 5.41) is 5.12. The maximum atomic E-state index is 13.4. The average Bonchev–Trinajstić information content (AvgIpc) is 3.12. The van der Waals surface area contributed by atoms with Crippen LogP contribution < -0.4 is 11.2 Å². The van der Waals surface area contributed by atoms with Crippen molar-refractivity contribution in [3.8, 4) is 0 Å². The van der Waals surface area contributed by atoms with Crippen molar-refractivity contribution in [1.29, 1.82) is 0 Å². The lowest BCUT2D eigenvalue weighted by atomic mass is 10.1. The molecule has 5 rings (SSSR count). The lowest BCUT2D eigenvalue weighted by molar-refractivity contribution is 0.621. The molecule has 0 saturated carbocycles. The molecule has 0 unspecified atom stereocenters. The van der Waals surface area contributed by atoms with E-state index in [0.29, 0.717) is 29.4 Å². The van der Waals surface area contributed by atoms with Crippen LogP contribution in [-0.4, -0.2) is 18.7 Å². The molecule has 0 aliphatic rings. The Morgan fingerprint density at radius 2 is 1.69 bits per heavy atom. The molecule has 0 atom stereocenters. The van der Waals surface area contributed by atoms with Gasteiger partial charge in [-0.2, -0.15) is 0 Å². The van der Waals surface area contributed by atoms with Crippen LogP contribution in [0.2, 0.25) is 5.02 Å². The Bertz CT molecular complexity index is 1570. The second-order valence-corrected chi connectivity index (χ2v) is 7.93. The van der Waals surface area contributed by atoms with Crippen LogP contribution in [0.4, 0.5) is 4.39 Å². The van der Waals surface area contributed by atoms with E-state index >= 15 is 0 Å². The van der Waals surface area contributed by atoms with E-state index in [0.717, 1.165) is 5.56 Å². The predicted molar refractivity (Wildman–Crippen MR) is 122 cm³/mol. The normalized spacial score (nSPS) is 11.4. The lowest BCUT2D eigenvalue weighted by Crippen LogP contribution is -2.27. The SMILES string of the molecule is O=c1c2ccccc2n2c(=O)n(Cc3ccc(F)cc3Cl)nc2n1CCc1ccccc1. The van der Waals surface area contributed by atoms with Crippen LogP contribution in [0.25, 0.3) is 16.7 Å².